The van der Waals surface area contributed by atoms with Gasteiger partial charge in [-0.25, -0.2) is 4.98 Å². The number of nitrogens with zero attached hydrogens (tertiary/aromatic N) is 2. The zero-order chi connectivity index (χ0) is 14.9. The van der Waals surface area contributed by atoms with Gasteiger partial charge in [-0.1, -0.05) is 11.6 Å². The third-order valence-corrected chi connectivity index (χ3v) is 3.15. The molecule has 0 radical (unpaired) electrons. The number of nitrogen functional groups attached to an aromatic ring is 1. The molecule has 0 fully saturated rings. The SMILES string of the molecule is Nc1nc(Nc2cc(Cl)ccc2Br)cc(C(F)(F)F)n1. The van der Waals surface area contributed by atoms with E-state index in [0.29, 0.717) is 15.2 Å². The van der Waals surface area contributed by atoms with Crippen LogP contribution in [0.1, 0.15) is 5.69 Å². The molecule has 0 amide bonds. The molecule has 106 valence electrons. The van der Waals surface area contributed by atoms with Gasteiger partial charge in [-0.2, -0.15) is 18.2 Å². The number of benzene rings is 1. The molecule has 0 saturated carbocycles. The summed E-state index contributed by atoms with van der Waals surface area (Å²) in [6.07, 6.45) is -4.60. The third-order valence-electron chi connectivity index (χ3n) is 2.23. The van der Waals surface area contributed by atoms with Crippen molar-refractivity contribution in [1.82, 2.24) is 9.97 Å². The molecule has 1 heterocycles. The van der Waals surface area contributed by atoms with Crippen molar-refractivity contribution in [2.24, 2.45) is 0 Å². The molecule has 0 unspecified atom stereocenters. The van der Waals surface area contributed by atoms with Crippen molar-refractivity contribution in [1.29, 1.82) is 0 Å². The van der Waals surface area contributed by atoms with Crippen molar-refractivity contribution in [3.8, 4) is 0 Å². The summed E-state index contributed by atoms with van der Waals surface area (Å²) in [5.41, 5.74) is 4.62. The summed E-state index contributed by atoms with van der Waals surface area (Å²) in [5, 5.41) is 3.13. The monoisotopic (exact) mass is 366 g/mol. The van der Waals surface area contributed by atoms with Gasteiger partial charge in [0.25, 0.3) is 0 Å². The van der Waals surface area contributed by atoms with E-state index in [0.717, 1.165) is 6.07 Å². The second-order valence-electron chi connectivity index (χ2n) is 3.74. The molecule has 1 aromatic carbocycles. The molecule has 0 atom stereocenters. The molecule has 1 aromatic heterocycles. The van der Waals surface area contributed by atoms with Gasteiger partial charge in [0.05, 0.1) is 5.69 Å². The minimum Gasteiger partial charge on any atom is -0.368 e. The van der Waals surface area contributed by atoms with E-state index in [-0.39, 0.29) is 5.82 Å². The fraction of sp³-hybridized carbons (Fsp3) is 0.0909. The topological polar surface area (TPSA) is 63.8 Å². The molecule has 0 aliphatic rings. The number of nitrogens with two attached hydrogens (primary N) is 1. The van der Waals surface area contributed by atoms with E-state index in [1.165, 1.54) is 6.07 Å². The Kier molecular flexibility index (Phi) is 4.05. The number of hydrogen-bond donors (Lipinski definition) is 2. The lowest BCUT2D eigenvalue weighted by atomic mass is 10.3. The first-order valence-corrected chi connectivity index (χ1v) is 6.36. The first kappa shape index (κ1) is 14.9. The number of rotatable bonds is 2. The van der Waals surface area contributed by atoms with Crippen molar-refractivity contribution >= 4 is 45.0 Å². The molecule has 0 aliphatic carbocycles. The molecule has 0 aliphatic heterocycles. The van der Waals surface area contributed by atoms with Crippen LogP contribution in [-0.4, -0.2) is 9.97 Å². The largest absolute Gasteiger partial charge is 0.433 e. The molecule has 0 saturated heterocycles. The maximum atomic E-state index is 12.6. The van der Waals surface area contributed by atoms with Gasteiger partial charge in [0.1, 0.15) is 5.82 Å². The van der Waals surface area contributed by atoms with Crippen molar-refractivity contribution < 1.29 is 13.2 Å². The van der Waals surface area contributed by atoms with Crippen molar-refractivity contribution in [2.75, 3.05) is 11.1 Å². The predicted molar refractivity (Wildman–Crippen MR) is 73.9 cm³/mol. The summed E-state index contributed by atoms with van der Waals surface area (Å²) in [6, 6.07) is 5.59. The summed E-state index contributed by atoms with van der Waals surface area (Å²) in [5.74, 6) is -0.548. The minimum atomic E-state index is -4.60. The van der Waals surface area contributed by atoms with E-state index in [2.05, 4.69) is 31.2 Å². The normalized spacial score (nSPS) is 11.4. The third kappa shape index (κ3) is 3.51. The van der Waals surface area contributed by atoms with Gasteiger partial charge in [0.15, 0.2) is 5.69 Å². The molecular formula is C11H7BrClF3N4. The van der Waals surface area contributed by atoms with Crippen LogP contribution in [0.15, 0.2) is 28.7 Å². The van der Waals surface area contributed by atoms with Gasteiger partial charge in [-0.15, -0.1) is 0 Å². The summed E-state index contributed by atoms with van der Waals surface area (Å²) in [4.78, 5) is 6.86. The number of alkyl halides is 3. The average Bonchev–Trinajstić information content (AvgIpc) is 2.32. The Morgan fingerprint density at radius 1 is 1.20 bits per heavy atom. The van der Waals surface area contributed by atoms with E-state index in [9.17, 15) is 13.2 Å². The Balaban J connectivity index is 2.39. The fourth-order valence-corrected chi connectivity index (χ4v) is 1.92. The first-order valence-electron chi connectivity index (χ1n) is 5.19. The van der Waals surface area contributed by atoms with E-state index in [1.807, 2.05) is 0 Å². The Bertz CT molecular complexity index is 648. The van der Waals surface area contributed by atoms with Gasteiger partial charge in [-0.05, 0) is 34.1 Å². The Morgan fingerprint density at radius 3 is 2.55 bits per heavy atom. The van der Waals surface area contributed by atoms with E-state index in [1.54, 1.807) is 12.1 Å². The minimum absolute atomic E-state index is 0.0761. The van der Waals surface area contributed by atoms with Crippen LogP contribution in [0.3, 0.4) is 0 Å². The number of halogens is 5. The van der Waals surface area contributed by atoms with Crippen molar-refractivity contribution in [2.45, 2.75) is 6.18 Å². The fourth-order valence-electron chi connectivity index (χ4n) is 1.41. The standard InChI is InChI=1S/C11H7BrClF3N4/c12-6-2-1-5(13)3-7(6)18-9-4-8(11(14,15)16)19-10(17)20-9/h1-4H,(H3,17,18,19,20). The van der Waals surface area contributed by atoms with Crippen LogP contribution in [-0.2, 0) is 6.18 Å². The molecule has 2 aromatic rings. The highest BCUT2D eigenvalue weighted by Gasteiger charge is 2.33. The Morgan fingerprint density at radius 2 is 1.90 bits per heavy atom. The summed E-state index contributed by atoms with van der Waals surface area (Å²) in [7, 11) is 0. The summed E-state index contributed by atoms with van der Waals surface area (Å²) < 4.78 is 38.5. The van der Waals surface area contributed by atoms with Crippen LogP contribution in [0.4, 0.5) is 30.6 Å². The van der Waals surface area contributed by atoms with Crippen molar-refractivity contribution in [3.63, 3.8) is 0 Å². The highest BCUT2D eigenvalue weighted by atomic mass is 79.9. The lowest BCUT2D eigenvalue weighted by Gasteiger charge is -2.11. The molecule has 9 heteroatoms. The van der Waals surface area contributed by atoms with E-state index < -0.39 is 17.8 Å². The maximum Gasteiger partial charge on any atom is 0.433 e. The molecule has 0 spiro atoms. The van der Waals surface area contributed by atoms with Crippen LogP contribution in [0, 0.1) is 0 Å². The zero-order valence-electron chi connectivity index (χ0n) is 9.67. The van der Waals surface area contributed by atoms with Gasteiger partial charge >= 0.3 is 6.18 Å². The summed E-state index contributed by atoms with van der Waals surface area (Å²) >= 11 is 9.07. The van der Waals surface area contributed by atoms with Crippen LogP contribution in [0.2, 0.25) is 5.02 Å². The molecule has 0 bridgehead atoms. The Labute approximate surface area is 125 Å². The Hall–Kier alpha value is -1.54. The van der Waals surface area contributed by atoms with E-state index in [4.69, 9.17) is 17.3 Å². The van der Waals surface area contributed by atoms with Crippen LogP contribution in [0.25, 0.3) is 0 Å². The molecule has 4 nitrogen and oxygen atoms in total. The molecular weight excluding hydrogens is 360 g/mol. The second-order valence-corrected chi connectivity index (χ2v) is 5.03. The van der Waals surface area contributed by atoms with Crippen molar-refractivity contribution in [3.05, 3.63) is 39.5 Å². The first-order chi connectivity index (χ1) is 9.25. The number of nitrogens with one attached hydrogen (secondary N) is 1. The highest BCUT2D eigenvalue weighted by Crippen LogP contribution is 2.32. The van der Waals surface area contributed by atoms with Gasteiger partial charge in [-0.3, -0.25) is 0 Å². The van der Waals surface area contributed by atoms with E-state index >= 15 is 0 Å². The molecule has 20 heavy (non-hydrogen) atoms. The zero-order valence-corrected chi connectivity index (χ0v) is 12.0. The maximum absolute atomic E-state index is 12.6. The van der Waals surface area contributed by atoms with Crippen LogP contribution >= 0.6 is 27.5 Å². The number of hydrogen-bond acceptors (Lipinski definition) is 4. The lowest BCUT2D eigenvalue weighted by Crippen LogP contribution is -2.12. The quantitative estimate of drug-likeness (QED) is 0.833. The smallest absolute Gasteiger partial charge is 0.368 e. The van der Waals surface area contributed by atoms with Gasteiger partial charge in [0, 0.05) is 15.6 Å². The molecule has 3 N–H and O–H groups in total. The van der Waals surface area contributed by atoms with Crippen LogP contribution < -0.4 is 11.1 Å². The average molecular weight is 368 g/mol. The number of aromatic nitrogens is 2. The highest BCUT2D eigenvalue weighted by molar-refractivity contribution is 9.10. The lowest BCUT2D eigenvalue weighted by molar-refractivity contribution is -0.141. The number of anilines is 3. The summed E-state index contributed by atoms with van der Waals surface area (Å²) in [6.45, 7) is 0. The van der Waals surface area contributed by atoms with Gasteiger partial charge in [0.2, 0.25) is 5.95 Å². The predicted octanol–water partition coefficient (Wildman–Crippen LogP) is 4.24. The van der Waals surface area contributed by atoms with Crippen LogP contribution in [0.5, 0.6) is 0 Å². The second kappa shape index (κ2) is 5.45. The molecule has 2 rings (SSSR count). The van der Waals surface area contributed by atoms with Gasteiger partial charge < -0.3 is 11.1 Å².